The lowest BCUT2D eigenvalue weighted by Crippen LogP contribution is -2.25. The molecule has 0 saturated carbocycles. The maximum atomic E-state index is 11.4. The first kappa shape index (κ1) is 17.9. The predicted molar refractivity (Wildman–Crippen MR) is 72.0 cm³/mol. The van der Waals surface area contributed by atoms with E-state index in [1.165, 1.54) is 6.92 Å². The van der Waals surface area contributed by atoms with E-state index in [9.17, 15) is 14.4 Å². The van der Waals surface area contributed by atoms with Crippen molar-refractivity contribution in [2.45, 2.75) is 39.2 Å². The van der Waals surface area contributed by atoms with Crippen LogP contribution >= 0.6 is 0 Å². The second kappa shape index (κ2) is 9.77. The van der Waals surface area contributed by atoms with Gasteiger partial charge in [0.25, 0.3) is 0 Å². The first-order chi connectivity index (χ1) is 9.36. The summed E-state index contributed by atoms with van der Waals surface area (Å²) in [4.78, 5) is 32.9. The van der Waals surface area contributed by atoms with E-state index in [4.69, 9.17) is 14.6 Å². The number of ether oxygens (including phenoxy) is 2. The van der Waals surface area contributed by atoms with E-state index in [2.05, 4.69) is 6.58 Å². The van der Waals surface area contributed by atoms with Crippen molar-refractivity contribution < 1.29 is 29.0 Å². The van der Waals surface area contributed by atoms with Gasteiger partial charge in [0.2, 0.25) is 0 Å². The Morgan fingerprint density at radius 2 is 1.95 bits per heavy atom. The molecule has 0 radical (unpaired) electrons. The number of esters is 2. The van der Waals surface area contributed by atoms with Gasteiger partial charge in [-0.1, -0.05) is 19.9 Å². The number of carboxylic acids is 1. The van der Waals surface area contributed by atoms with Gasteiger partial charge in [-0.2, -0.15) is 0 Å². The molecule has 0 heterocycles. The summed E-state index contributed by atoms with van der Waals surface area (Å²) < 4.78 is 9.97. The summed E-state index contributed by atoms with van der Waals surface area (Å²) in [5.74, 6) is -2.57. The van der Waals surface area contributed by atoms with E-state index in [-0.39, 0.29) is 12.2 Å². The van der Waals surface area contributed by atoms with Crippen molar-refractivity contribution in [2.24, 2.45) is 0 Å². The second-order valence-corrected chi connectivity index (χ2v) is 4.25. The van der Waals surface area contributed by atoms with Gasteiger partial charge in [-0.05, 0) is 19.8 Å². The van der Waals surface area contributed by atoms with Gasteiger partial charge in [0, 0.05) is 17.7 Å². The minimum Gasteiger partial charge on any atom is -0.478 e. The molecule has 20 heavy (non-hydrogen) atoms. The first-order valence-electron chi connectivity index (χ1n) is 6.31. The average molecular weight is 284 g/mol. The highest BCUT2D eigenvalue weighted by Gasteiger charge is 2.16. The quantitative estimate of drug-likeness (QED) is 0.513. The summed E-state index contributed by atoms with van der Waals surface area (Å²) >= 11 is 0. The van der Waals surface area contributed by atoms with E-state index in [0.29, 0.717) is 12.5 Å². The minimum absolute atomic E-state index is 0.109. The Morgan fingerprint density at radius 1 is 1.30 bits per heavy atom. The molecule has 0 aliphatic heterocycles. The predicted octanol–water partition coefficient (Wildman–Crippen LogP) is 1.85. The highest BCUT2D eigenvalue weighted by Crippen LogP contribution is 2.08. The maximum absolute atomic E-state index is 11.4. The third-order valence-electron chi connectivity index (χ3n) is 2.28. The highest BCUT2D eigenvalue weighted by atomic mass is 16.6. The Morgan fingerprint density at radius 3 is 2.45 bits per heavy atom. The Labute approximate surface area is 118 Å². The lowest BCUT2D eigenvalue weighted by atomic mass is 10.2. The van der Waals surface area contributed by atoms with Crippen molar-refractivity contribution in [1.29, 1.82) is 0 Å². The number of carbonyl (C=O) groups excluding carboxylic acids is 2. The van der Waals surface area contributed by atoms with Crippen LogP contribution in [0.3, 0.4) is 0 Å². The second-order valence-electron chi connectivity index (χ2n) is 4.25. The van der Waals surface area contributed by atoms with E-state index in [1.807, 2.05) is 6.92 Å². The van der Waals surface area contributed by atoms with Crippen molar-refractivity contribution in [3.05, 3.63) is 24.3 Å². The summed E-state index contributed by atoms with van der Waals surface area (Å²) in [6, 6.07) is 0. The summed E-state index contributed by atoms with van der Waals surface area (Å²) in [6.45, 7) is 6.88. The molecule has 0 spiro atoms. The Bertz CT molecular complexity index is 396. The topological polar surface area (TPSA) is 89.9 Å². The molecule has 6 nitrogen and oxygen atoms in total. The number of carbonyl (C=O) groups is 3. The van der Waals surface area contributed by atoms with Crippen LogP contribution in [0.4, 0.5) is 0 Å². The normalized spacial score (nSPS) is 11.9. The van der Waals surface area contributed by atoms with Gasteiger partial charge >= 0.3 is 17.9 Å². The fourth-order valence-corrected chi connectivity index (χ4v) is 1.22. The van der Waals surface area contributed by atoms with Crippen LogP contribution in [0.2, 0.25) is 0 Å². The van der Waals surface area contributed by atoms with Crippen LogP contribution in [0.25, 0.3) is 0 Å². The molecule has 0 rings (SSSR count). The zero-order valence-corrected chi connectivity index (χ0v) is 11.8. The molecule has 1 atom stereocenters. The zero-order valence-electron chi connectivity index (χ0n) is 11.8. The molecule has 0 aromatic heterocycles. The Kier molecular flexibility index (Phi) is 8.74. The average Bonchev–Trinajstić information content (AvgIpc) is 2.38. The third-order valence-corrected chi connectivity index (χ3v) is 2.28. The lowest BCUT2D eigenvalue weighted by Gasteiger charge is -2.17. The van der Waals surface area contributed by atoms with Crippen molar-refractivity contribution in [1.82, 2.24) is 0 Å². The molecular formula is C14H20O6. The van der Waals surface area contributed by atoms with Crippen molar-refractivity contribution >= 4 is 17.9 Å². The van der Waals surface area contributed by atoms with Gasteiger partial charge in [-0.25, -0.2) is 14.4 Å². The molecule has 0 aromatic rings. The molecule has 6 heteroatoms. The summed E-state index contributed by atoms with van der Waals surface area (Å²) in [6.07, 6.45) is 3.22. The van der Waals surface area contributed by atoms with Crippen molar-refractivity contribution in [2.75, 3.05) is 6.61 Å². The van der Waals surface area contributed by atoms with Crippen LogP contribution in [0.15, 0.2) is 24.3 Å². The standard InChI is InChI=1S/C14H20O6/c1-4-5-6-11(20-14(18)10(2)3)9-19-13(17)8-7-12(15)16/h7-8,11H,2,4-6,9H2,1,3H3,(H,15,16)/b8-7-. The fraction of sp³-hybridized carbons (Fsp3) is 0.500. The third kappa shape index (κ3) is 8.91. The van der Waals surface area contributed by atoms with Crippen molar-refractivity contribution in [3.63, 3.8) is 0 Å². The Hall–Kier alpha value is -2.11. The number of hydrogen-bond acceptors (Lipinski definition) is 5. The molecule has 0 fully saturated rings. The van der Waals surface area contributed by atoms with Gasteiger partial charge in [-0.15, -0.1) is 0 Å². The SMILES string of the molecule is C=C(C)C(=O)OC(CCCC)COC(=O)/C=C\C(=O)O. The summed E-state index contributed by atoms with van der Waals surface area (Å²) in [5.41, 5.74) is 0.267. The smallest absolute Gasteiger partial charge is 0.333 e. The largest absolute Gasteiger partial charge is 0.478 e. The van der Waals surface area contributed by atoms with E-state index >= 15 is 0 Å². The maximum Gasteiger partial charge on any atom is 0.333 e. The molecule has 0 aliphatic carbocycles. The molecule has 0 saturated heterocycles. The van der Waals surface area contributed by atoms with Crippen LogP contribution < -0.4 is 0 Å². The van der Waals surface area contributed by atoms with E-state index in [0.717, 1.165) is 18.9 Å². The van der Waals surface area contributed by atoms with Gasteiger partial charge < -0.3 is 14.6 Å². The number of carboxylic acid groups (broad SMARTS) is 1. The Balaban J connectivity index is 4.35. The molecule has 1 N–H and O–H groups in total. The highest BCUT2D eigenvalue weighted by molar-refractivity contribution is 5.90. The van der Waals surface area contributed by atoms with Crippen LogP contribution in [0, 0.1) is 0 Å². The van der Waals surface area contributed by atoms with Gasteiger partial charge in [0.1, 0.15) is 12.7 Å². The minimum atomic E-state index is -1.24. The number of unbranched alkanes of at least 4 members (excludes halogenated alkanes) is 1. The van der Waals surface area contributed by atoms with Crippen LogP contribution in [-0.4, -0.2) is 35.7 Å². The van der Waals surface area contributed by atoms with Crippen LogP contribution in [-0.2, 0) is 23.9 Å². The molecule has 112 valence electrons. The zero-order chi connectivity index (χ0) is 15.5. The molecular weight excluding hydrogens is 264 g/mol. The van der Waals surface area contributed by atoms with E-state index in [1.54, 1.807) is 0 Å². The summed E-state index contributed by atoms with van der Waals surface area (Å²) in [5, 5.41) is 8.36. The fourth-order valence-electron chi connectivity index (χ4n) is 1.22. The van der Waals surface area contributed by atoms with E-state index < -0.39 is 24.0 Å². The number of aliphatic carboxylic acids is 1. The lowest BCUT2D eigenvalue weighted by molar-refractivity contribution is -0.153. The molecule has 1 unspecified atom stereocenters. The van der Waals surface area contributed by atoms with Gasteiger partial charge in [0.15, 0.2) is 0 Å². The van der Waals surface area contributed by atoms with Crippen LogP contribution in [0.5, 0.6) is 0 Å². The number of rotatable bonds is 9. The molecule has 0 bridgehead atoms. The monoisotopic (exact) mass is 284 g/mol. The molecule has 0 aliphatic rings. The molecule has 0 aromatic carbocycles. The molecule has 0 amide bonds. The van der Waals surface area contributed by atoms with Crippen LogP contribution in [0.1, 0.15) is 33.1 Å². The van der Waals surface area contributed by atoms with Gasteiger partial charge in [-0.3, -0.25) is 0 Å². The van der Waals surface area contributed by atoms with Crippen molar-refractivity contribution in [3.8, 4) is 0 Å². The van der Waals surface area contributed by atoms with Gasteiger partial charge in [0.05, 0.1) is 0 Å². The first-order valence-corrected chi connectivity index (χ1v) is 6.31. The number of hydrogen-bond donors (Lipinski definition) is 1. The summed E-state index contributed by atoms with van der Waals surface area (Å²) in [7, 11) is 0.